The standard InChI is InChI=1S/C20H22N4O2/c25-20(16-3-6-21-7-4-16)22-18-1-2-19-17(15-18)5-8-24(19)10-9-23-11-13-26-14-12-23/h1-8,15H,9-14H2,(H,22,25). The van der Waals surface area contributed by atoms with Crippen molar-refractivity contribution in [2.45, 2.75) is 6.54 Å². The third-order valence-corrected chi connectivity index (χ3v) is 4.73. The molecule has 3 aromatic rings. The van der Waals surface area contributed by atoms with Crippen LogP contribution in [0.3, 0.4) is 0 Å². The Kier molecular flexibility index (Phi) is 4.95. The van der Waals surface area contributed by atoms with Crippen LogP contribution in [0.1, 0.15) is 10.4 Å². The van der Waals surface area contributed by atoms with Crippen LogP contribution in [0.25, 0.3) is 10.9 Å². The molecule has 6 nitrogen and oxygen atoms in total. The lowest BCUT2D eigenvalue weighted by molar-refractivity contribution is 0.0365. The highest BCUT2D eigenvalue weighted by Gasteiger charge is 2.11. The van der Waals surface area contributed by atoms with Crippen molar-refractivity contribution in [3.05, 3.63) is 60.6 Å². The van der Waals surface area contributed by atoms with E-state index < -0.39 is 0 Å². The quantitative estimate of drug-likeness (QED) is 0.768. The number of fused-ring (bicyclic) bond motifs is 1. The molecule has 1 fully saturated rings. The summed E-state index contributed by atoms with van der Waals surface area (Å²) >= 11 is 0. The van der Waals surface area contributed by atoms with Crippen molar-refractivity contribution < 1.29 is 9.53 Å². The van der Waals surface area contributed by atoms with Crippen molar-refractivity contribution in [1.82, 2.24) is 14.5 Å². The molecule has 1 amide bonds. The zero-order valence-electron chi connectivity index (χ0n) is 14.6. The van der Waals surface area contributed by atoms with Gasteiger partial charge in [-0.3, -0.25) is 14.7 Å². The first-order valence-corrected chi connectivity index (χ1v) is 8.90. The Morgan fingerprint density at radius 3 is 2.69 bits per heavy atom. The molecule has 134 valence electrons. The Morgan fingerprint density at radius 1 is 1.08 bits per heavy atom. The van der Waals surface area contributed by atoms with Gasteiger partial charge in [-0.05, 0) is 36.4 Å². The smallest absolute Gasteiger partial charge is 0.255 e. The second kappa shape index (κ2) is 7.68. The summed E-state index contributed by atoms with van der Waals surface area (Å²) < 4.78 is 7.66. The number of nitrogens with zero attached hydrogens (tertiary/aromatic N) is 3. The molecule has 0 unspecified atom stereocenters. The van der Waals surface area contributed by atoms with Crippen LogP contribution in [0.15, 0.2) is 55.0 Å². The Labute approximate surface area is 152 Å². The molecule has 6 heteroatoms. The first kappa shape index (κ1) is 16.8. The fourth-order valence-electron chi connectivity index (χ4n) is 3.25. The second-order valence-corrected chi connectivity index (χ2v) is 6.43. The van der Waals surface area contributed by atoms with Crippen LogP contribution in [-0.2, 0) is 11.3 Å². The molecule has 3 heterocycles. The summed E-state index contributed by atoms with van der Waals surface area (Å²) in [7, 11) is 0. The van der Waals surface area contributed by atoms with Gasteiger partial charge in [0.1, 0.15) is 0 Å². The molecule has 0 atom stereocenters. The molecule has 1 aliphatic rings. The number of carbonyl (C=O) groups is 1. The Morgan fingerprint density at radius 2 is 1.88 bits per heavy atom. The van der Waals surface area contributed by atoms with Crippen LogP contribution in [0.4, 0.5) is 5.69 Å². The lowest BCUT2D eigenvalue weighted by Gasteiger charge is -2.26. The van der Waals surface area contributed by atoms with Gasteiger partial charge in [0.2, 0.25) is 0 Å². The molecule has 1 aromatic carbocycles. The van der Waals surface area contributed by atoms with Gasteiger partial charge >= 0.3 is 0 Å². The summed E-state index contributed by atoms with van der Waals surface area (Å²) in [6.07, 6.45) is 5.35. The fourth-order valence-corrected chi connectivity index (χ4v) is 3.25. The molecule has 0 spiro atoms. The van der Waals surface area contributed by atoms with E-state index in [1.807, 2.05) is 12.1 Å². The maximum atomic E-state index is 12.3. The van der Waals surface area contributed by atoms with E-state index in [0.29, 0.717) is 5.56 Å². The molecule has 1 N–H and O–H groups in total. The van der Waals surface area contributed by atoms with Crippen LogP contribution in [0.5, 0.6) is 0 Å². The van der Waals surface area contributed by atoms with Gasteiger partial charge in [0.15, 0.2) is 0 Å². The maximum absolute atomic E-state index is 12.3. The number of aromatic nitrogens is 2. The maximum Gasteiger partial charge on any atom is 0.255 e. The minimum Gasteiger partial charge on any atom is -0.379 e. The first-order valence-electron chi connectivity index (χ1n) is 8.90. The van der Waals surface area contributed by atoms with Crippen molar-refractivity contribution in [2.75, 3.05) is 38.2 Å². The van der Waals surface area contributed by atoms with E-state index >= 15 is 0 Å². The first-order chi connectivity index (χ1) is 12.8. The third-order valence-electron chi connectivity index (χ3n) is 4.73. The third kappa shape index (κ3) is 3.76. The molecular weight excluding hydrogens is 328 g/mol. The summed E-state index contributed by atoms with van der Waals surface area (Å²) in [6, 6.07) is 11.5. The van der Waals surface area contributed by atoms with Gasteiger partial charge in [0.05, 0.1) is 13.2 Å². The van der Waals surface area contributed by atoms with Gasteiger partial charge in [-0.15, -0.1) is 0 Å². The van der Waals surface area contributed by atoms with Crippen LogP contribution in [0, 0.1) is 0 Å². The summed E-state index contributed by atoms with van der Waals surface area (Å²) in [5.41, 5.74) is 2.58. The van der Waals surface area contributed by atoms with Crippen molar-refractivity contribution in [3.63, 3.8) is 0 Å². The number of carbonyl (C=O) groups excluding carboxylic acids is 1. The predicted octanol–water partition coefficient (Wildman–Crippen LogP) is 2.62. The highest BCUT2D eigenvalue weighted by Crippen LogP contribution is 2.21. The van der Waals surface area contributed by atoms with Crippen LogP contribution in [0.2, 0.25) is 0 Å². The highest BCUT2D eigenvalue weighted by molar-refractivity contribution is 6.05. The Bertz CT molecular complexity index is 885. The lowest BCUT2D eigenvalue weighted by atomic mass is 10.2. The van der Waals surface area contributed by atoms with Crippen LogP contribution < -0.4 is 5.32 Å². The topological polar surface area (TPSA) is 59.4 Å². The number of rotatable bonds is 5. The summed E-state index contributed by atoms with van der Waals surface area (Å²) in [4.78, 5) is 18.6. The molecule has 1 saturated heterocycles. The van der Waals surface area contributed by atoms with Crippen LogP contribution in [-0.4, -0.2) is 53.2 Å². The number of ether oxygens (including phenoxy) is 1. The van der Waals surface area contributed by atoms with Gasteiger partial charge < -0.3 is 14.6 Å². The van der Waals surface area contributed by atoms with Crippen molar-refractivity contribution >= 4 is 22.5 Å². The second-order valence-electron chi connectivity index (χ2n) is 6.43. The number of hydrogen-bond donors (Lipinski definition) is 1. The lowest BCUT2D eigenvalue weighted by Crippen LogP contribution is -2.38. The molecule has 26 heavy (non-hydrogen) atoms. The zero-order chi connectivity index (χ0) is 17.8. The van der Waals surface area contributed by atoms with Gasteiger partial charge in [-0.25, -0.2) is 0 Å². The van der Waals surface area contributed by atoms with Gasteiger partial charge in [0.25, 0.3) is 5.91 Å². The molecular formula is C20H22N4O2. The fraction of sp³-hybridized carbons (Fsp3) is 0.300. The Hall–Kier alpha value is -2.70. The van der Waals surface area contributed by atoms with Gasteiger partial charge in [0, 0.05) is 66.9 Å². The minimum atomic E-state index is -0.126. The molecule has 0 bridgehead atoms. The average Bonchev–Trinajstić information content (AvgIpc) is 3.10. The van der Waals surface area contributed by atoms with E-state index in [0.717, 1.165) is 50.5 Å². The van der Waals surface area contributed by atoms with E-state index in [1.165, 1.54) is 5.52 Å². The number of hydrogen-bond acceptors (Lipinski definition) is 4. The zero-order valence-corrected chi connectivity index (χ0v) is 14.6. The van der Waals surface area contributed by atoms with E-state index in [4.69, 9.17) is 4.74 Å². The SMILES string of the molecule is O=C(Nc1ccc2c(ccn2CCN2CCOCC2)c1)c1ccncc1. The van der Waals surface area contributed by atoms with E-state index in [1.54, 1.807) is 24.5 Å². The molecule has 0 aliphatic carbocycles. The van der Waals surface area contributed by atoms with Gasteiger partial charge in [-0.2, -0.15) is 0 Å². The molecule has 1 aliphatic heterocycles. The molecule has 0 saturated carbocycles. The number of nitrogens with one attached hydrogen (secondary N) is 1. The average molecular weight is 350 g/mol. The van der Waals surface area contributed by atoms with Crippen molar-refractivity contribution in [3.8, 4) is 0 Å². The largest absolute Gasteiger partial charge is 0.379 e. The number of benzene rings is 1. The summed E-state index contributed by atoms with van der Waals surface area (Å²) in [6.45, 7) is 5.63. The van der Waals surface area contributed by atoms with Crippen molar-refractivity contribution in [1.29, 1.82) is 0 Å². The predicted molar refractivity (Wildman–Crippen MR) is 101 cm³/mol. The Balaban J connectivity index is 1.44. The van der Waals surface area contributed by atoms with Crippen molar-refractivity contribution in [2.24, 2.45) is 0 Å². The summed E-state index contributed by atoms with van der Waals surface area (Å²) in [5.74, 6) is -0.126. The minimum absolute atomic E-state index is 0.126. The number of amides is 1. The number of pyridine rings is 1. The highest BCUT2D eigenvalue weighted by atomic mass is 16.5. The monoisotopic (exact) mass is 350 g/mol. The normalized spacial score (nSPS) is 15.2. The van der Waals surface area contributed by atoms with E-state index in [9.17, 15) is 4.79 Å². The molecule has 2 aromatic heterocycles. The van der Waals surface area contributed by atoms with Crippen LogP contribution >= 0.6 is 0 Å². The summed E-state index contributed by atoms with van der Waals surface area (Å²) in [5, 5.41) is 4.07. The molecule has 4 rings (SSSR count). The van der Waals surface area contributed by atoms with E-state index in [-0.39, 0.29) is 5.91 Å². The van der Waals surface area contributed by atoms with E-state index in [2.05, 4.69) is 38.1 Å². The van der Waals surface area contributed by atoms with Gasteiger partial charge in [-0.1, -0.05) is 0 Å². The number of morpholine rings is 1. The molecule has 0 radical (unpaired) electrons. The number of anilines is 1.